The lowest BCUT2D eigenvalue weighted by Crippen LogP contribution is -2.44. The zero-order valence-corrected chi connectivity index (χ0v) is 10.6. The molecule has 1 unspecified atom stereocenters. The van der Waals surface area contributed by atoms with Gasteiger partial charge in [-0.2, -0.15) is 0 Å². The minimum atomic E-state index is -0.114. The molecule has 0 aromatic heterocycles. The quantitative estimate of drug-likeness (QED) is 0.867. The molecule has 0 spiro atoms. The summed E-state index contributed by atoms with van der Waals surface area (Å²) in [4.78, 5) is 2.33. The van der Waals surface area contributed by atoms with Crippen LogP contribution in [0.25, 0.3) is 0 Å². The molecule has 17 heavy (non-hydrogen) atoms. The number of benzene rings is 1. The number of nitrogens with zero attached hydrogens (tertiary/aromatic N) is 1. The highest BCUT2D eigenvalue weighted by Crippen LogP contribution is 2.18. The van der Waals surface area contributed by atoms with Gasteiger partial charge in [-0.3, -0.25) is 0 Å². The van der Waals surface area contributed by atoms with E-state index in [1.165, 1.54) is 25.5 Å². The first-order valence-electron chi connectivity index (χ1n) is 6.36. The molecule has 2 nitrogen and oxygen atoms in total. The molecule has 0 amide bonds. The van der Waals surface area contributed by atoms with E-state index in [1.54, 1.807) is 6.07 Å². The van der Waals surface area contributed by atoms with Crippen molar-refractivity contribution in [3.63, 3.8) is 0 Å². The SMILES string of the molecule is C[C@@H](NC1CCCN(C)C1)c1ccccc1F. The molecular formula is C14H21FN2. The van der Waals surface area contributed by atoms with Crippen LogP contribution in [0.4, 0.5) is 4.39 Å². The Hall–Kier alpha value is -0.930. The van der Waals surface area contributed by atoms with Crippen LogP contribution in [-0.2, 0) is 0 Å². The van der Waals surface area contributed by atoms with Crippen LogP contribution in [0.5, 0.6) is 0 Å². The second-order valence-corrected chi connectivity index (χ2v) is 5.01. The lowest BCUT2D eigenvalue weighted by Gasteiger charge is -2.32. The number of likely N-dealkylation sites (tertiary alicyclic amines) is 1. The van der Waals surface area contributed by atoms with E-state index in [4.69, 9.17) is 0 Å². The largest absolute Gasteiger partial charge is 0.306 e. The molecule has 3 heteroatoms. The number of piperidine rings is 1. The Kier molecular flexibility index (Phi) is 4.13. The van der Waals surface area contributed by atoms with Gasteiger partial charge in [-0.15, -0.1) is 0 Å². The van der Waals surface area contributed by atoms with Crippen LogP contribution in [0.2, 0.25) is 0 Å². The summed E-state index contributed by atoms with van der Waals surface area (Å²) in [6.07, 6.45) is 2.40. The van der Waals surface area contributed by atoms with Gasteiger partial charge in [-0.1, -0.05) is 18.2 Å². The van der Waals surface area contributed by atoms with E-state index in [1.807, 2.05) is 19.1 Å². The molecule has 0 aliphatic carbocycles. The van der Waals surface area contributed by atoms with E-state index in [0.29, 0.717) is 6.04 Å². The van der Waals surface area contributed by atoms with Crippen molar-refractivity contribution < 1.29 is 4.39 Å². The fourth-order valence-electron chi connectivity index (χ4n) is 2.57. The van der Waals surface area contributed by atoms with E-state index in [-0.39, 0.29) is 11.9 Å². The third-order valence-electron chi connectivity index (χ3n) is 3.48. The number of rotatable bonds is 3. The minimum Gasteiger partial charge on any atom is -0.306 e. The highest BCUT2D eigenvalue weighted by molar-refractivity contribution is 5.20. The predicted molar refractivity (Wildman–Crippen MR) is 68.5 cm³/mol. The van der Waals surface area contributed by atoms with Gasteiger partial charge in [-0.05, 0) is 39.4 Å². The van der Waals surface area contributed by atoms with Crippen LogP contribution >= 0.6 is 0 Å². The summed E-state index contributed by atoms with van der Waals surface area (Å²) in [5.41, 5.74) is 0.765. The van der Waals surface area contributed by atoms with E-state index in [9.17, 15) is 4.39 Å². The van der Waals surface area contributed by atoms with Crippen LogP contribution in [0.1, 0.15) is 31.4 Å². The predicted octanol–water partition coefficient (Wildman–Crippen LogP) is 2.57. The Morgan fingerprint density at radius 2 is 2.18 bits per heavy atom. The molecule has 0 radical (unpaired) electrons. The van der Waals surface area contributed by atoms with E-state index >= 15 is 0 Å². The molecule has 2 rings (SSSR count). The van der Waals surface area contributed by atoms with Crippen molar-refractivity contribution >= 4 is 0 Å². The Morgan fingerprint density at radius 3 is 2.88 bits per heavy atom. The Morgan fingerprint density at radius 1 is 1.41 bits per heavy atom. The highest BCUT2D eigenvalue weighted by Gasteiger charge is 2.20. The summed E-state index contributed by atoms with van der Waals surface area (Å²) in [5.74, 6) is -0.114. The first kappa shape index (κ1) is 12.5. The first-order valence-corrected chi connectivity index (χ1v) is 6.36. The average molecular weight is 236 g/mol. The second kappa shape index (κ2) is 5.61. The average Bonchev–Trinajstić information content (AvgIpc) is 2.29. The summed E-state index contributed by atoms with van der Waals surface area (Å²) < 4.78 is 13.6. The van der Waals surface area contributed by atoms with Gasteiger partial charge in [0.05, 0.1) is 0 Å². The van der Waals surface area contributed by atoms with Crippen molar-refractivity contribution in [1.82, 2.24) is 10.2 Å². The molecule has 1 aliphatic rings. The molecule has 1 saturated heterocycles. The molecule has 1 heterocycles. The van der Waals surface area contributed by atoms with Crippen molar-refractivity contribution in [3.05, 3.63) is 35.6 Å². The standard InChI is InChI=1S/C14H21FN2/c1-11(13-7-3-4-8-14(13)15)16-12-6-5-9-17(2)10-12/h3-4,7-8,11-12,16H,5-6,9-10H2,1-2H3/t11-,12?/m1/s1. The van der Waals surface area contributed by atoms with Crippen molar-refractivity contribution in [2.75, 3.05) is 20.1 Å². The summed E-state index contributed by atoms with van der Waals surface area (Å²) in [5, 5.41) is 3.52. The molecule has 2 atom stereocenters. The van der Waals surface area contributed by atoms with E-state index in [0.717, 1.165) is 12.1 Å². The molecule has 1 aromatic rings. The number of hydrogen-bond acceptors (Lipinski definition) is 2. The maximum atomic E-state index is 13.6. The van der Waals surface area contributed by atoms with Gasteiger partial charge >= 0.3 is 0 Å². The fourth-order valence-corrected chi connectivity index (χ4v) is 2.57. The molecule has 1 aromatic carbocycles. The number of hydrogen-bond donors (Lipinski definition) is 1. The van der Waals surface area contributed by atoms with Crippen LogP contribution in [0.3, 0.4) is 0 Å². The number of halogens is 1. The topological polar surface area (TPSA) is 15.3 Å². The third-order valence-corrected chi connectivity index (χ3v) is 3.48. The van der Waals surface area contributed by atoms with Crippen LogP contribution in [-0.4, -0.2) is 31.1 Å². The normalized spacial score (nSPS) is 23.6. The summed E-state index contributed by atoms with van der Waals surface area (Å²) in [7, 11) is 2.14. The van der Waals surface area contributed by atoms with Gasteiger partial charge in [0.15, 0.2) is 0 Å². The molecule has 1 aliphatic heterocycles. The number of nitrogens with one attached hydrogen (secondary N) is 1. The van der Waals surface area contributed by atoms with Crippen LogP contribution in [0, 0.1) is 5.82 Å². The Labute approximate surface area is 103 Å². The van der Waals surface area contributed by atoms with Gasteiger partial charge in [0, 0.05) is 24.2 Å². The van der Waals surface area contributed by atoms with Gasteiger partial charge < -0.3 is 10.2 Å². The van der Waals surface area contributed by atoms with E-state index in [2.05, 4.69) is 17.3 Å². The Bertz CT molecular complexity index is 367. The molecule has 0 bridgehead atoms. The third kappa shape index (κ3) is 3.27. The minimum absolute atomic E-state index is 0.0766. The molecular weight excluding hydrogens is 215 g/mol. The molecule has 1 fully saturated rings. The molecule has 94 valence electrons. The van der Waals surface area contributed by atoms with Crippen molar-refractivity contribution in [1.29, 1.82) is 0 Å². The first-order chi connectivity index (χ1) is 8.16. The van der Waals surface area contributed by atoms with Crippen molar-refractivity contribution in [3.8, 4) is 0 Å². The van der Waals surface area contributed by atoms with Crippen molar-refractivity contribution in [2.45, 2.75) is 31.8 Å². The van der Waals surface area contributed by atoms with E-state index < -0.39 is 0 Å². The highest BCUT2D eigenvalue weighted by atomic mass is 19.1. The van der Waals surface area contributed by atoms with Gasteiger partial charge in [0.1, 0.15) is 5.82 Å². The maximum absolute atomic E-state index is 13.6. The van der Waals surface area contributed by atoms with Gasteiger partial charge in [0.2, 0.25) is 0 Å². The van der Waals surface area contributed by atoms with Gasteiger partial charge in [-0.25, -0.2) is 4.39 Å². The zero-order valence-electron chi connectivity index (χ0n) is 10.6. The molecule has 1 N–H and O–H groups in total. The van der Waals surface area contributed by atoms with Crippen molar-refractivity contribution in [2.24, 2.45) is 0 Å². The fraction of sp³-hybridized carbons (Fsp3) is 0.571. The Balaban J connectivity index is 1.97. The van der Waals surface area contributed by atoms with Gasteiger partial charge in [0.25, 0.3) is 0 Å². The van der Waals surface area contributed by atoms with Crippen LogP contribution in [0.15, 0.2) is 24.3 Å². The van der Waals surface area contributed by atoms with Crippen LogP contribution < -0.4 is 5.32 Å². The monoisotopic (exact) mass is 236 g/mol. The maximum Gasteiger partial charge on any atom is 0.127 e. The summed E-state index contributed by atoms with van der Waals surface area (Å²) in [6.45, 7) is 4.26. The lowest BCUT2D eigenvalue weighted by molar-refractivity contribution is 0.218. The summed E-state index contributed by atoms with van der Waals surface area (Å²) >= 11 is 0. The smallest absolute Gasteiger partial charge is 0.127 e. The number of likely N-dealkylation sites (N-methyl/N-ethyl adjacent to an activating group) is 1. The summed E-state index contributed by atoms with van der Waals surface area (Å²) in [6, 6.07) is 7.57. The second-order valence-electron chi connectivity index (χ2n) is 5.01. The molecule has 0 saturated carbocycles. The lowest BCUT2D eigenvalue weighted by atomic mass is 10.0. The zero-order chi connectivity index (χ0) is 12.3.